The van der Waals surface area contributed by atoms with E-state index in [1.807, 2.05) is 0 Å². The van der Waals surface area contributed by atoms with Gasteiger partial charge in [-0.15, -0.1) is 0 Å². The molecule has 2 heteroatoms. The highest BCUT2D eigenvalue weighted by molar-refractivity contribution is 5.54. The second kappa shape index (κ2) is 7.43. The van der Waals surface area contributed by atoms with Crippen LogP contribution in [0.3, 0.4) is 0 Å². The third-order valence-corrected chi connectivity index (χ3v) is 8.91. The summed E-state index contributed by atoms with van der Waals surface area (Å²) in [4.78, 5) is 0. The molecule has 2 heterocycles. The lowest BCUT2D eigenvalue weighted by Crippen LogP contribution is -2.39. The van der Waals surface area contributed by atoms with Gasteiger partial charge in [0.2, 0.25) is 0 Å². The van der Waals surface area contributed by atoms with E-state index in [4.69, 9.17) is 9.47 Å². The van der Waals surface area contributed by atoms with E-state index in [2.05, 4.69) is 48.5 Å². The third-order valence-electron chi connectivity index (χ3n) is 8.91. The summed E-state index contributed by atoms with van der Waals surface area (Å²) < 4.78 is 13.6. The SMILES string of the molecule is c1ccc2c(c1)CC1=C(C2)C2COC3(CCCCC3)OCC1C1=C2Cc2ccccc2C1. The first kappa shape index (κ1) is 19.3. The molecule has 1 saturated carbocycles. The number of rotatable bonds is 0. The Bertz CT molecular complexity index is 978. The minimum Gasteiger partial charge on any atom is -0.349 e. The first-order valence-electron chi connectivity index (χ1n) is 12.6. The maximum Gasteiger partial charge on any atom is 0.168 e. The lowest BCUT2D eigenvalue weighted by atomic mass is 9.63. The predicted octanol–water partition coefficient (Wildman–Crippen LogP) is 6.13. The Kier molecular flexibility index (Phi) is 4.49. The zero-order valence-corrected chi connectivity index (χ0v) is 18.9. The maximum atomic E-state index is 6.80. The zero-order chi connectivity index (χ0) is 21.1. The van der Waals surface area contributed by atoms with Crippen molar-refractivity contribution in [2.75, 3.05) is 13.2 Å². The molecule has 2 nitrogen and oxygen atoms in total. The lowest BCUT2D eigenvalue weighted by molar-refractivity contribution is -0.255. The van der Waals surface area contributed by atoms with Gasteiger partial charge in [-0.05, 0) is 60.8 Å². The predicted molar refractivity (Wildman–Crippen MR) is 126 cm³/mol. The smallest absolute Gasteiger partial charge is 0.168 e. The van der Waals surface area contributed by atoms with Gasteiger partial charge in [-0.25, -0.2) is 0 Å². The Labute approximate surface area is 191 Å². The van der Waals surface area contributed by atoms with Crippen molar-refractivity contribution in [3.05, 3.63) is 93.1 Å². The van der Waals surface area contributed by atoms with Crippen molar-refractivity contribution in [1.29, 1.82) is 0 Å². The average molecular weight is 425 g/mol. The Morgan fingerprint density at radius 1 is 0.531 bits per heavy atom. The summed E-state index contributed by atoms with van der Waals surface area (Å²) in [5, 5.41) is 0. The second-order valence-electron chi connectivity index (χ2n) is 10.5. The Morgan fingerprint density at radius 2 is 0.906 bits per heavy atom. The summed E-state index contributed by atoms with van der Waals surface area (Å²) in [6, 6.07) is 18.2. The first-order valence-corrected chi connectivity index (χ1v) is 12.6. The van der Waals surface area contributed by atoms with Crippen molar-refractivity contribution >= 4 is 0 Å². The molecule has 1 spiro atoms. The van der Waals surface area contributed by atoms with Gasteiger partial charge in [0.05, 0.1) is 13.2 Å². The molecule has 2 bridgehead atoms. The minimum absolute atomic E-state index is 0.350. The van der Waals surface area contributed by atoms with Gasteiger partial charge in [0.1, 0.15) is 0 Å². The molecule has 164 valence electrons. The number of fused-ring (bicyclic) bond motifs is 4. The van der Waals surface area contributed by atoms with Crippen LogP contribution >= 0.6 is 0 Å². The molecule has 0 saturated heterocycles. The first-order chi connectivity index (χ1) is 15.8. The van der Waals surface area contributed by atoms with Gasteiger partial charge in [0.15, 0.2) is 5.79 Å². The van der Waals surface area contributed by atoms with Gasteiger partial charge >= 0.3 is 0 Å². The van der Waals surface area contributed by atoms with E-state index in [9.17, 15) is 0 Å². The Hall–Kier alpha value is -2.16. The second-order valence-corrected chi connectivity index (χ2v) is 10.5. The van der Waals surface area contributed by atoms with Gasteiger partial charge in [-0.3, -0.25) is 0 Å². The summed E-state index contributed by atoms with van der Waals surface area (Å²) in [6.07, 6.45) is 10.2. The molecular formula is C30H32O2. The highest BCUT2D eigenvalue weighted by atomic mass is 16.7. The molecule has 8 rings (SSSR count). The molecule has 2 aromatic carbocycles. The van der Waals surface area contributed by atoms with Crippen LogP contribution in [0.4, 0.5) is 0 Å². The topological polar surface area (TPSA) is 18.5 Å². The summed E-state index contributed by atoms with van der Waals surface area (Å²) in [6.45, 7) is 1.57. The quantitative estimate of drug-likeness (QED) is 0.474. The van der Waals surface area contributed by atoms with E-state index in [1.165, 1.54) is 41.5 Å². The van der Waals surface area contributed by atoms with Crippen molar-refractivity contribution < 1.29 is 9.47 Å². The van der Waals surface area contributed by atoms with Gasteiger partial charge < -0.3 is 9.47 Å². The maximum absolute atomic E-state index is 6.80. The van der Waals surface area contributed by atoms with Crippen LogP contribution in [0, 0.1) is 11.8 Å². The molecule has 0 N–H and O–H groups in total. The molecule has 2 aliphatic heterocycles. The van der Waals surface area contributed by atoms with E-state index in [-0.39, 0.29) is 5.79 Å². The van der Waals surface area contributed by atoms with Crippen LogP contribution in [0.5, 0.6) is 0 Å². The van der Waals surface area contributed by atoms with E-state index in [0.29, 0.717) is 11.8 Å². The van der Waals surface area contributed by atoms with Crippen LogP contribution in [0.1, 0.15) is 54.4 Å². The monoisotopic (exact) mass is 424 g/mol. The number of benzene rings is 2. The van der Waals surface area contributed by atoms with Crippen molar-refractivity contribution in [3.63, 3.8) is 0 Å². The van der Waals surface area contributed by atoms with Gasteiger partial charge in [0, 0.05) is 24.7 Å². The highest BCUT2D eigenvalue weighted by Gasteiger charge is 2.45. The number of hydrogen-bond acceptors (Lipinski definition) is 2. The fraction of sp³-hybridized carbons (Fsp3) is 0.467. The highest BCUT2D eigenvalue weighted by Crippen LogP contribution is 2.50. The summed E-state index contributed by atoms with van der Waals surface area (Å²) >= 11 is 0. The van der Waals surface area contributed by atoms with E-state index >= 15 is 0 Å². The van der Waals surface area contributed by atoms with Gasteiger partial charge in [-0.1, -0.05) is 77.2 Å². The fourth-order valence-corrected chi connectivity index (χ4v) is 7.18. The lowest BCUT2D eigenvalue weighted by Gasteiger charge is -2.42. The molecule has 6 aliphatic rings. The zero-order valence-electron chi connectivity index (χ0n) is 18.9. The molecular weight excluding hydrogens is 392 g/mol. The van der Waals surface area contributed by atoms with Crippen molar-refractivity contribution in [2.45, 2.75) is 63.6 Å². The largest absolute Gasteiger partial charge is 0.349 e. The van der Waals surface area contributed by atoms with Crippen LogP contribution in [0.25, 0.3) is 0 Å². The van der Waals surface area contributed by atoms with Crippen LogP contribution in [-0.2, 0) is 35.2 Å². The molecule has 0 atom stereocenters. The molecule has 2 aromatic rings. The standard InChI is InChI=1S/C30H32O2/c1-6-12-30(13-7-1)31-18-28-24-14-20-8-2-3-9-21(20)15-25(24)29(19-32-30)27-17-23-11-5-4-10-22(23)16-26(27)28/h2-5,8-11,28-29H,1,6-7,12-19H2. The fourth-order valence-electron chi connectivity index (χ4n) is 7.18. The molecule has 32 heavy (non-hydrogen) atoms. The van der Waals surface area contributed by atoms with Crippen LogP contribution in [-0.4, -0.2) is 19.0 Å². The molecule has 4 aliphatic carbocycles. The Morgan fingerprint density at radius 3 is 1.28 bits per heavy atom. The summed E-state index contributed by atoms with van der Waals surface area (Å²) in [5.74, 6) is 0.481. The van der Waals surface area contributed by atoms with Crippen molar-refractivity contribution in [3.8, 4) is 0 Å². The average Bonchev–Trinajstić information content (AvgIpc) is 2.94. The third kappa shape index (κ3) is 2.99. The Balaban J connectivity index is 1.33. The number of hydrogen-bond donors (Lipinski definition) is 0. The van der Waals surface area contributed by atoms with Crippen molar-refractivity contribution in [2.24, 2.45) is 11.8 Å². The van der Waals surface area contributed by atoms with Gasteiger partial charge in [0.25, 0.3) is 0 Å². The molecule has 0 aromatic heterocycles. The molecule has 0 amide bonds. The minimum atomic E-state index is -0.350. The normalized spacial score (nSPS) is 28.2. The van der Waals surface area contributed by atoms with Crippen LogP contribution < -0.4 is 0 Å². The van der Waals surface area contributed by atoms with E-state index in [0.717, 1.165) is 51.7 Å². The number of ether oxygens (including phenoxy) is 2. The van der Waals surface area contributed by atoms with Gasteiger partial charge in [-0.2, -0.15) is 0 Å². The van der Waals surface area contributed by atoms with Crippen molar-refractivity contribution in [1.82, 2.24) is 0 Å². The molecule has 1 fully saturated rings. The van der Waals surface area contributed by atoms with Crippen LogP contribution in [0.15, 0.2) is 70.8 Å². The van der Waals surface area contributed by atoms with E-state index in [1.54, 1.807) is 22.3 Å². The van der Waals surface area contributed by atoms with E-state index < -0.39 is 0 Å². The molecule has 0 radical (unpaired) electrons. The molecule has 0 unspecified atom stereocenters. The van der Waals surface area contributed by atoms with Crippen LogP contribution in [0.2, 0.25) is 0 Å². The summed E-state index contributed by atoms with van der Waals surface area (Å²) in [5.41, 5.74) is 12.7. The summed E-state index contributed by atoms with van der Waals surface area (Å²) in [7, 11) is 0.